The van der Waals surface area contributed by atoms with Crippen molar-refractivity contribution in [2.75, 3.05) is 6.61 Å². The Kier molecular flexibility index (Phi) is 5.70. The SMILES string of the molecule is [CH2]CCCCOOC(=O)c1ccc(C)cc1C. The number of hydrogen-bond acceptors (Lipinski definition) is 3. The van der Waals surface area contributed by atoms with Gasteiger partial charge in [0, 0.05) is 0 Å². The van der Waals surface area contributed by atoms with Gasteiger partial charge in [0.1, 0.15) is 0 Å². The van der Waals surface area contributed by atoms with Crippen molar-refractivity contribution in [2.45, 2.75) is 33.1 Å². The number of hydrogen-bond donors (Lipinski definition) is 0. The van der Waals surface area contributed by atoms with Gasteiger partial charge in [0.15, 0.2) is 0 Å². The molecule has 3 heteroatoms. The first-order valence-corrected chi connectivity index (χ1v) is 5.85. The van der Waals surface area contributed by atoms with Crippen LogP contribution in [-0.4, -0.2) is 12.6 Å². The number of carbonyl (C=O) groups is 1. The minimum absolute atomic E-state index is 0.423. The number of rotatable bonds is 6. The fourth-order valence-electron chi connectivity index (χ4n) is 1.52. The first-order valence-electron chi connectivity index (χ1n) is 5.85. The lowest BCUT2D eigenvalue weighted by molar-refractivity contribution is -0.241. The van der Waals surface area contributed by atoms with Crippen molar-refractivity contribution >= 4 is 5.97 Å². The Labute approximate surface area is 103 Å². The smallest absolute Gasteiger partial charge is 0.293 e. The molecule has 3 nitrogen and oxygen atoms in total. The molecular weight excluding hydrogens is 216 g/mol. The molecule has 93 valence electrons. The summed E-state index contributed by atoms with van der Waals surface area (Å²) in [6, 6.07) is 5.58. The van der Waals surface area contributed by atoms with Crippen LogP contribution in [0.25, 0.3) is 0 Å². The fourth-order valence-corrected chi connectivity index (χ4v) is 1.52. The third-order valence-corrected chi connectivity index (χ3v) is 2.46. The van der Waals surface area contributed by atoms with Gasteiger partial charge in [0.2, 0.25) is 0 Å². The summed E-state index contributed by atoms with van der Waals surface area (Å²) in [6.07, 6.45) is 2.69. The van der Waals surface area contributed by atoms with E-state index >= 15 is 0 Å². The maximum Gasteiger partial charge on any atom is 0.373 e. The van der Waals surface area contributed by atoms with E-state index in [4.69, 9.17) is 9.78 Å². The van der Waals surface area contributed by atoms with Gasteiger partial charge in [0.05, 0.1) is 12.2 Å². The zero-order chi connectivity index (χ0) is 12.7. The van der Waals surface area contributed by atoms with E-state index in [2.05, 4.69) is 6.92 Å². The van der Waals surface area contributed by atoms with Crippen LogP contribution >= 0.6 is 0 Å². The molecule has 0 atom stereocenters. The molecule has 0 saturated carbocycles. The van der Waals surface area contributed by atoms with Crippen LogP contribution < -0.4 is 0 Å². The first-order chi connectivity index (χ1) is 8.15. The lowest BCUT2D eigenvalue weighted by atomic mass is 10.1. The lowest BCUT2D eigenvalue weighted by Gasteiger charge is -2.06. The Morgan fingerprint density at radius 3 is 2.71 bits per heavy atom. The lowest BCUT2D eigenvalue weighted by Crippen LogP contribution is -2.08. The third-order valence-electron chi connectivity index (χ3n) is 2.46. The van der Waals surface area contributed by atoms with Crippen molar-refractivity contribution in [3.63, 3.8) is 0 Å². The van der Waals surface area contributed by atoms with Crippen molar-refractivity contribution in [2.24, 2.45) is 0 Å². The van der Waals surface area contributed by atoms with Crippen LogP contribution in [0.15, 0.2) is 18.2 Å². The van der Waals surface area contributed by atoms with Gasteiger partial charge >= 0.3 is 5.97 Å². The largest absolute Gasteiger partial charge is 0.373 e. The minimum Gasteiger partial charge on any atom is -0.293 e. The van der Waals surface area contributed by atoms with Gasteiger partial charge in [0.25, 0.3) is 0 Å². The first kappa shape index (κ1) is 13.7. The number of aryl methyl sites for hydroxylation is 2. The summed E-state index contributed by atoms with van der Waals surface area (Å²) in [4.78, 5) is 21.2. The van der Waals surface area contributed by atoms with E-state index in [0.29, 0.717) is 12.2 Å². The molecule has 0 N–H and O–H groups in total. The third kappa shape index (κ3) is 4.57. The average molecular weight is 235 g/mol. The van der Waals surface area contributed by atoms with Crippen molar-refractivity contribution in [3.8, 4) is 0 Å². The highest BCUT2D eigenvalue weighted by Crippen LogP contribution is 2.12. The topological polar surface area (TPSA) is 35.5 Å². The van der Waals surface area contributed by atoms with Gasteiger partial charge in [-0.25, -0.2) is 4.79 Å². The van der Waals surface area contributed by atoms with E-state index in [1.54, 1.807) is 6.07 Å². The molecule has 0 spiro atoms. The molecule has 0 aromatic heterocycles. The van der Waals surface area contributed by atoms with Crippen LogP contribution in [0.2, 0.25) is 0 Å². The Bertz CT molecular complexity index is 372. The molecule has 0 aliphatic carbocycles. The minimum atomic E-state index is -0.433. The van der Waals surface area contributed by atoms with Gasteiger partial charge in [-0.3, -0.25) is 4.89 Å². The van der Waals surface area contributed by atoms with Gasteiger partial charge in [-0.15, -0.1) is 0 Å². The van der Waals surface area contributed by atoms with E-state index in [0.717, 1.165) is 30.4 Å². The molecule has 0 aliphatic heterocycles. The molecule has 0 aliphatic rings. The van der Waals surface area contributed by atoms with E-state index in [-0.39, 0.29) is 0 Å². The van der Waals surface area contributed by atoms with E-state index in [1.807, 2.05) is 26.0 Å². The van der Waals surface area contributed by atoms with Gasteiger partial charge in [-0.1, -0.05) is 37.5 Å². The maximum atomic E-state index is 11.6. The van der Waals surface area contributed by atoms with Gasteiger partial charge in [-0.2, -0.15) is 4.89 Å². The van der Waals surface area contributed by atoms with Crippen LogP contribution in [0.1, 0.15) is 40.7 Å². The summed E-state index contributed by atoms with van der Waals surface area (Å²) in [5.74, 6) is -0.433. The molecule has 0 heterocycles. The van der Waals surface area contributed by atoms with Crippen molar-refractivity contribution in [3.05, 3.63) is 41.8 Å². The molecule has 0 amide bonds. The molecule has 0 bridgehead atoms. The highest BCUT2D eigenvalue weighted by molar-refractivity contribution is 5.90. The molecule has 1 aromatic carbocycles. The molecule has 1 rings (SSSR count). The molecule has 0 saturated heterocycles. The molecule has 0 fully saturated rings. The molecule has 0 unspecified atom stereocenters. The van der Waals surface area contributed by atoms with E-state index in [9.17, 15) is 4.79 Å². The summed E-state index contributed by atoms with van der Waals surface area (Å²) < 4.78 is 0. The second kappa shape index (κ2) is 7.07. The monoisotopic (exact) mass is 235 g/mol. The number of unbranched alkanes of at least 4 members (excludes halogenated alkanes) is 2. The summed E-state index contributed by atoms with van der Waals surface area (Å²) in [5, 5.41) is 0. The second-order valence-corrected chi connectivity index (χ2v) is 4.07. The van der Waals surface area contributed by atoms with Crippen LogP contribution in [-0.2, 0) is 9.78 Å². The zero-order valence-electron chi connectivity index (χ0n) is 10.5. The van der Waals surface area contributed by atoms with E-state index in [1.165, 1.54) is 0 Å². The molecule has 1 radical (unpaired) electrons. The highest BCUT2D eigenvalue weighted by Gasteiger charge is 2.11. The Hall–Kier alpha value is -1.35. The molecular formula is C14H19O3. The van der Waals surface area contributed by atoms with Crippen LogP contribution in [0, 0.1) is 20.8 Å². The van der Waals surface area contributed by atoms with E-state index < -0.39 is 5.97 Å². The Morgan fingerprint density at radius 2 is 2.06 bits per heavy atom. The summed E-state index contributed by atoms with van der Waals surface area (Å²) >= 11 is 0. The summed E-state index contributed by atoms with van der Waals surface area (Å²) in [5.41, 5.74) is 2.57. The number of carbonyl (C=O) groups excluding carboxylic acids is 1. The maximum absolute atomic E-state index is 11.6. The van der Waals surface area contributed by atoms with Crippen LogP contribution in [0.3, 0.4) is 0 Å². The Balaban J connectivity index is 2.42. The normalized spacial score (nSPS) is 10.3. The highest BCUT2D eigenvalue weighted by atomic mass is 17.2. The standard InChI is InChI=1S/C14H19O3/c1-4-5-6-9-16-17-14(15)13-8-7-11(2)10-12(13)3/h7-8,10H,1,4-6,9H2,2-3H3. The predicted octanol–water partition coefficient (Wildman–Crippen LogP) is 3.40. The fraction of sp³-hybridized carbons (Fsp3) is 0.429. The Morgan fingerprint density at radius 1 is 1.29 bits per heavy atom. The molecule has 17 heavy (non-hydrogen) atoms. The van der Waals surface area contributed by atoms with Crippen LogP contribution in [0.5, 0.6) is 0 Å². The zero-order valence-corrected chi connectivity index (χ0v) is 10.5. The molecule has 1 aromatic rings. The van der Waals surface area contributed by atoms with Crippen molar-refractivity contribution in [1.82, 2.24) is 0 Å². The summed E-state index contributed by atoms with van der Waals surface area (Å²) in [7, 11) is 0. The van der Waals surface area contributed by atoms with Gasteiger partial charge in [-0.05, 0) is 31.9 Å². The van der Waals surface area contributed by atoms with Crippen LogP contribution in [0.4, 0.5) is 0 Å². The summed E-state index contributed by atoms with van der Waals surface area (Å²) in [6.45, 7) is 8.01. The number of benzene rings is 1. The second-order valence-electron chi connectivity index (χ2n) is 4.07. The average Bonchev–Trinajstić information content (AvgIpc) is 2.28. The van der Waals surface area contributed by atoms with Gasteiger partial charge < -0.3 is 0 Å². The quantitative estimate of drug-likeness (QED) is 0.430. The van der Waals surface area contributed by atoms with Crippen molar-refractivity contribution in [1.29, 1.82) is 0 Å². The predicted molar refractivity (Wildman–Crippen MR) is 66.5 cm³/mol. The van der Waals surface area contributed by atoms with Crippen molar-refractivity contribution < 1.29 is 14.6 Å².